The number of piperazine rings is 1. The monoisotopic (exact) mass is 331 g/mol. The predicted octanol–water partition coefficient (Wildman–Crippen LogP) is 2.61. The Morgan fingerprint density at radius 1 is 1.09 bits per heavy atom. The summed E-state index contributed by atoms with van der Waals surface area (Å²) in [5.74, 6) is -0.109. The zero-order chi connectivity index (χ0) is 16.2. The van der Waals surface area contributed by atoms with Gasteiger partial charge in [-0.1, -0.05) is 41.7 Å². The maximum atomic E-state index is 12.4. The highest BCUT2D eigenvalue weighted by atomic mass is 32.1. The fourth-order valence-corrected chi connectivity index (χ4v) is 3.44. The normalized spacial score (nSPS) is 15.6. The number of rotatable bonds is 4. The Morgan fingerprint density at radius 2 is 1.78 bits per heavy atom. The summed E-state index contributed by atoms with van der Waals surface area (Å²) in [7, 11) is 0. The van der Waals surface area contributed by atoms with Crippen molar-refractivity contribution in [3.05, 3.63) is 63.0 Å². The first-order chi connectivity index (χ1) is 11.1. The van der Waals surface area contributed by atoms with Crippen LogP contribution in [0, 0.1) is 10.1 Å². The van der Waals surface area contributed by atoms with Crippen LogP contribution in [0.4, 0.5) is 5.00 Å². The Hall–Kier alpha value is -2.25. The number of amides is 1. The molecule has 1 aliphatic heterocycles. The van der Waals surface area contributed by atoms with Crippen LogP contribution in [0.3, 0.4) is 0 Å². The second kappa shape index (κ2) is 6.89. The molecule has 3 rings (SSSR count). The Balaban J connectivity index is 1.55. The van der Waals surface area contributed by atoms with E-state index in [-0.39, 0.29) is 10.9 Å². The number of carbonyl (C=O) groups is 1. The van der Waals surface area contributed by atoms with Crippen molar-refractivity contribution < 1.29 is 9.72 Å². The molecule has 1 saturated heterocycles. The van der Waals surface area contributed by atoms with Crippen molar-refractivity contribution >= 4 is 22.2 Å². The highest BCUT2D eigenvalue weighted by Gasteiger charge is 2.24. The van der Waals surface area contributed by atoms with Crippen LogP contribution in [0.5, 0.6) is 0 Å². The second-order valence-electron chi connectivity index (χ2n) is 5.45. The first-order valence-corrected chi connectivity index (χ1v) is 8.25. The number of nitro groups is 1. The molecular formula is C16H17N3O3S. The standard InChI is InChI=1S/C16H17N3O3S/c20-16(14-6-7-15(23-14)19(21)22)18-10-8-17(9-11-18)12-13-4-2-1-3-5-13/h1-7H,8-12H2. The van der Waals surface area contributed by atoms with Gasteiger partial charge in [-0.2, -0.15) is 0 Å². The van der Waals surface area contributed by atoms with Crippen molar-refractivity contribution in [2.75, 3.05) is 26.2 Å². The Morgan fingerprint density at radius 3 is 2.39 bits per heavy atom. The lowest BCUT2D eigenvalue weighted by molar-refractivity contribution is -0.380. The minimum Gasteiger partial charge on any atom is -0.335 e. The van der Waals surface area contributed by atoms with E-state index in [1.165, 1.54) is 11.6 Å². The van der Waals surface area contributed by atoms with Crippen LogP contribution in [0.2, 0.25) is 0 Å². The molecule has 0 spiro atoms. The molecule has 0 atom stereocenters. The molecule has 0 unspecified atom stereocenters. The quantitative estimate of drug-likeness (QED) is 0.638. The summed E-state index contributed by atoms with van der Waals surface area (Å²) in [5, 5.41) is 10.7. The smallest absolute Gasteiger partial charge is 0.324 e. The summed E-state index contributed by atoms with van der Waals surface area (Å²) in [6.45, 7) is 3.81. The maximum absolute atomic E-state index is 12.4. The summed E-state index contributed by atoms with van der Waals surface area (Å²) in [6, 6.07) is 13.2. The molecule has 6 nitrogen and oxygen atoms in total. The van der Waals surface area contributed by atoms with Gasteiger partial charge in [0.1, 0.15) is 0 Å². The highest BCUT2D eigenvalue weighted by molar-refractivity contribution is 7.17. The average molecular weight is 331 g/mol. The van der Waals surface area contributed by atoms with Gasteiger partial charge in [0, 0.05) is 38.8 Å². The van der Waals surface area contributed by atoms with E-state index in [4.69, 9.17) is 0 Å². The molecule has 0 N–H and O–H groups in total. The Kier molecular flexibility index (Phi) is 4.68. The van der Waals surface area contributed by atoms with Crippen LogP contribution in [0.15, 0.2) is 42.5 Å². The van der Waals surface area contributed by atoms with E-state index in [9.17, 15) is 14.9 Å². The number of nitrogens with zero attached hydrogens (tertiary/aromatic N) is 3. The predicted molar refractivity (Wildman–Crippen MR) is 88.6 cm³/mol. The highest BCUT2D eigenvalue weighted by Crippen LogP contribution is 2.25. The molecule has 1 amide bonds. The van der Waals surface area contributed by atoms with Gasteiger partial charge in [0.2, 0.25) is 0 Å². The molecule has 23 heavy (non-hydrogen) atoms. The third-order valence-electron chi connectivity index (χ3n) is 3.89. The van der Waals surface area contributed by atoms with E-state index >= 15 is 0 Å². The van der Waals surface area contributed by atoms with E-state index in [1.54, 1.807) is 11.0 Å². The lowest BCUT2D eigenvalue weighted by Crippen LogP contribution is -2.48. The molecule has 0 aliphatic carbocycles. The van der Waals surface area contributed by atoms with Crippen LogP contribution in [-0.4, -0.2) is 46.8 Å². The lowest BCUT2D eigenvalue weighted by atomic mass is 10.2. The fourth-order valence-electron chi connectivity index (χ4n) is 2.65. The van der Waals surface area contributed by atoms with Crippen molar-refractivity contribution in [3.8, 4) is 0 Å². The van der Waals surface area contributed by atoms with Gasteiger partial charge < -0.3 is 4.90 Å². The summed E-state index contributed by atoms with van der Waals surface area (Å²) >= 11 is 0.942. The molecule has 7 heteroatoms. The van der Waals surface area contributed by atoms with Crippen molar-refractivity contribution in [1.29, 1.82) is 0 Å². The summed E-state index contributed by atoms with van der Waals surface area (Å²) < 4.78 is 0. The Bertz CT molecular complexity index is 694. The number of carbonyl (C=O) groups excluding carboxylic acids is 1. The third-order valence-corrected chi connectivity index (χ3v) is 4.92. The van der Waals surface area contributed by atoms with E-state index in [0.717, 1.165) is 31.0 Å². The first-order valence-electron chi connectivity index (χ1n) is 7.43. The molecular weight excluding hydrogens is 314 g/mol. The zero-order valence-corrected chi connectivity index (χ0v) is 13.4. The van der Waals surface area contributed by atoms with Crippen LogP contribution < -0.4 is 0 Å². The second-order valence-corrected chi connectivity index (χ2v) is 6.51. The van der Waals surface area contributed by atoms with Crippen molar-refractivity contribution in [2.45, 2.75) is 6.54 Å². The lowest BCUT2D eigenvalue weighted by Gasteiger charge is -2.34. The zero-order valence-electron chi connectivity index (χ0n) is 12.6. The molecule has 1 fully saturated rings. The van der Waals surface area contributed by atoms with Gasteiger partial charge in [-0.3, -0.25) is 19.8 Å². The van der Waals surface area contributed by atoms with Gasteiger partial charge >= 0.3 is 5.00 Å². The Labute approximate surface area is 138 Å². The van der Waals surface area contributed by atoms with Crippen LogP contribution in [0.25, 0.3) is 0 Å². The number of benzene rings is 1. The van der Waals surface area contributed by atoms with Gasteiger partial charge in [0.05, 0.1) is 9.80 Å². The van der Waals surface area contributed by atoms with Gasteiger partial charge in [0.25, 0.3) is 5.91 Å². The fraction of sp³-hybridized carbons (Fsp3) is 0.312. The van der Waals surface area contributed by atoms with Crippen LogP contribution >= 0.6 is 11.3 Å². The topological polar surface area (TPSA) is 66.7 Å². The SMILES string of the molecule is O=C(c1ccc([N+](=O)[O-])s1)N1CCN(Cc2ccccc2)CC1. The van der Waals surface area contributed by atoms with E-state index in [2.05, 4.69) is 17.0 Å². The van der Waals surface area contributed by atoms with E-state index < -0.39 is 4.92 Å². The number of thiophene rings is 1. The van der Waals surface area contributed by atoms with Gasteiger partial charge in [-0.05, 0) is 11.6 Å². The van der Waals surface area contributed by atoms with Crippen LogP contribution in [-0.2, 0) is 6.54 Å². The van der Waals surface area contributed by atoms with Gasteiger partial charge in [-0.15, -0.1) is 0 Å². The first kappa shape index (κ1) is 15.6. The summed E-state index contributed by atoms with van der Waals surface area (Å²) in [6.07, 6.45) is 0. The molecule has 1 aromatic heterocycles. The van der Waals surface area contributed by atoms with E-state index in [0.29, 0.717) is 18.0 Å². The number of hydrogen-bond donors (Lipinski definition) is 0. The molecule has 2 aromatic rings. The molecule has 0 bridgehead atoms. The molecule has 2 heterocycles. The number of hydrogen-bond acceptors (Lipinski definition) is 5. The molecule has 1 aliphatic rings. The summed E-state index contributed by atoms with van der Waals surface area (Å²) in [5.41, 5.74) is 1.26. The van der Waals surface area contributed by atoms with Crippen molar-refractivity contribution in [3.63, 3.8) is 0 Å². The molecule has 0 saturated carbocycles. The van der Waals surface area contributed by atoms with Gasteiger partial charge in [0.15, 0.2) is 0 Å². The maximum Gasteiger partial charge on any atom is 0.324 e. The third kappa shape index (κ3) is 3.75. The van der Waals surface area contributed by atoms with Gasteiger partial charge in [-0.25, -0.2) is 0 Å². The average Bonchev–Trinajstić information content (AvgIpc) is 3.06. The molecule has 0 radical (unpaired) electrons. The van der Waals surface area contributed by atoms with Crippen molar-refractivity contribution in [2.24, 2.45) is 0 Å². The minimum absolute atomic E-state index is 0.0102. The van der Waals surface area contributed by atoms with E-state index in [1.807, 2.05) is 18.2 Å². The molecule has 120 valence electrons. The van der Waals surface area contributed by atoms with Crippen LogP contribution in [0.1, 0.15) is 15.2 Å². The molecule has 1 aromatic carbocycles. The van der Waals surface area contributed by atoms with Crippen molar-refractivity contribution in [1.82, 2.24) is 9.80 Å². The summed E-state index contributed by atoms with van der Waals surface area (Å²) in [4.78, 5) is 27.2. The minimum atomic E-state index is -0.459. The largest absolute Gasteiger partial charge is 0.335 e.